The second-order valence-electron chi connectivity index (χ2n) is 9.51. The van der Waals surface area contributed by atoms with Crippen molar-refractivity contribution in [3.63, 3.8) is 0 Å². The summed E-state index contributed by atoms with van der Waals surface area (Å²) in [6.07, 6.45) is -1.73. The molecule has 0 saturated carbocycles. The van der Waals surface area contributed by atoms with Crippen LogP contribution in [0.25, 0.3) is 11.4 Å². The lowest BCUT2D eigenvalue weighted by Gasteiger charge is -2.38. The Bertz CT molecular complexity index is 1300. The number of halogens is 3. The molecule has 5 rings (SSSR count). The van der Waals surface area contributed by atoms with Gasteiger partial charge in [-0.15, -0.1) is 0 Å². The van der Waals surface area contributed by atoms with Crippen LogP contribution >= 0.6 is 0 Å². The highest BCUT2D eigenvalue weighted by atomic mass is 19.3. The fraction of sp³-hybridized carbons (Fsp3) is 0.480. The van der Waals surface area contributed by atoms with Gasteiger partial charge in [0.1, 0.15) is 23.3 Å². The summed E-state index contributed by atoms with van der Waals surface area (Å²) in [4.78, 5) is 16.0. The molecule has 4 aliphatic heterocycles. The van der Waals surface area contributed by atoms with E-state index < -0.39 is 29.4 Å². The van der Waals surface area contributed by atoms with Gasteiger partial charge in [0, 0.05) is 37.3 Å². The summed E-state index contributed by atoms with van der Waals surface area (Å²) in [5.74, 6) is 1.06. The Balaban J connectivity index is 1.68. The fourth-order valence-electron chi connectivity index (χ4n) is 5.07. The minimum absolute atomic E-state index is 0.0804. The fourth-order valence-corrected chi connectivity index (χ4v) is 5.07. The zero-order chi connectivity index (χ0) is 24.9. The second-order valence-corrected chi connectivity index (χ2v) is 9.51. The topological polar surface area (TPSA) is 78.6 Å². The Morgan fingerprint density at radius 2 is 1.86 bits per heavy atom. The maximum absolute atomic E-state index is 14.8. The van der Waals surface area contributed by atoms with Gasteiger partial charge in [0.25, 0.3) is 6.43 Å². The third kappa shape index (κ3) is 4.18. The lowest BCUT2D eigenvalue weighted by Crippen LogP contribution is -2.41. The highest BCUT2D eigenvalue weighted by Gasteiger charge is 2.38. The van der Waals surface area contributed by atoms with Gasteiger partial charge >= 0.3 is 0 Å². The molecule has 0 amide bonds. The largest absolute Gasteiger partial charge is 0.385 e. The number of benzene rings is 1. The van der Waals surface area contributed by atoms with Crippen LogP contribution in [0.2, 0.25) is 0 Å². The van der Waals surface area contributed by atoms with Crippen LogP contribution in [-0.4, -0.2) is 51.2 Å². The SMILES string of the molecule is Cc1nc2n3c(c(C4(O)CCN(C)CC4)cc-2c(=NC(C)c2cccc(C(F)F)c2F)n1)NCC3. The predicted molar refractivity (Wildman–Crippen MR) is 126 cm³/mol. The number of piperidine rings is 1. The Hall–Kier alpha value is -2.98. The molecule has 1 aromatic rings. The molecule has 4 aliphatic rings. The number of pyridine rings is 1. The molecule has 0 aliphatic carbocycles. The number of rotatable bonds is 4. The smallest absolute Gasteiger partial charge is 0.266 e. The van der Waals surface area contributed by atoms with E-state index in [9.17, 15) is 18.3 Å². The maximum Gasteiger partial charge on any atom is 0.266 e. The van der Waals surface area contributed by atoms with E-state index in [0.717, 1.165) is 30.5 Å². The molecule has 0 radical (unpaired) electrons. The number of alkyl halides is 2. The Labute approximate surface area is 201 Å². The Morgan fingerprint density at radius 3 is 2.57 bits per heavy atom. The molecule has 35 heavy (non-hydrogen) atoms. The number of hydrogen-bond acceptors (Lipinski definition) is 6. The third-order valence-electron chi connectivity index (χ3n) is 7.09. The van der Waals surface area contributed by atoms with Crippen molar-refractivity contribution in [2.45, 2.75) is 51.3 Å². The molecular weight excluding hydrogens is 457 g/mol. The molecule has 0 aromatic heterocycles. The predicted octanol–water partition coefficient (Wildman–Crippen LogP) is 3.77. The molecule has 2 N–H and O–H groups in total. The van der Waals surface area contributed by atoms with Gasteiger partial charge in [0.15, 0.2) is 5.49 Å². The number of fused-ring (bicyclic) bond motifs is 3. The van der Waals surface area contributed by atoms with Gasteiger partial charge in [-0.25, -0.2) is 23.1 Å². The summed E-state index contributed by atoms with van der Waals surface area (Å²) in [5, 5.41) is 15.0. The van der Waals surface area contributed by atoms with E-state index in [-0.39, 0.29) is 5.56 Å². The van der Waals surface area contributed by atoms with Crippen molar-refractivity contribution >= 4 is 5.82 Å². The molecule has 0 bridgehead atoms. The number of aryl methyl sites for hydroxylation is 1. The van der Waals surface area contributed by atoms with Crippen molar-refractivity contribution < 1.29 is 18.3 Å². The van der Waals surface area contributed by atoms with Crippen molar-refractivity contribution in [2.24, 2.45) is 4.99 Å². The summed E-state index contributed by atoms with van der Waals surface area (Å²) >= 11 is 0. The number of hydrogen-bond donors (Lipinski definition) is 2. The molecule has 7 nitrogen and oxygen atoms in total. The first-order valence-corrected chi connectivity index (χ1v) is 11.9. The average Bonchev–Trinajstić information content (AvgIpc) is 3.31. The first-order valence-electron chi connectivity index (χ1n) is 11.9. The minimum Gasteiger partial charge on any atom is -0.385 e. The van der Waals surface area contributed by atoms with E-state index in [1.807, 2.05) is 17.7 Å². The third-order valence-corrected chi connectivity index (χ3v) is 7.09. The van der Waals surface area contributed by atoms with Crippen LogP contribution in [0.5, 0.6) is 0 Å². The summed E-state index contributed by atoms with van der Waals surface area (Å²) in [6, 6.07) is 5.10. The molecule has 1 aromatic carbocycles. The van der Waals surface area contributed by atoms with Crippen LogP contribution in [0, 0.1) is 12.7 Å². The van der Waals surface area contributed by atoms with E-state index in [1.165, 1.54) is 12.1 Å². The van der Waals surface area contributed by atoms with Gasteiger partial charge in [-0.05, 0) is 39.8 Å². The molecule has 1 atom stereocenters. The molecule has 4 heterocycles. The highest BCUT2D eigenvalue weighted by Crippen LogP contribution is 2.41. The second kappa shape index (κ2) is 8.91. The number of nitrogens with zero attached hydrogens (tertiary/aromatic N) is 5. The number of aliphatic hydroxyl groups is 1. The van der Waals surface area contributed by atoms with Gasteiger partial charge in [-0.3, -0.25) is 4.99 Å². The number of aromatic nitrogens is 3. The van der Waals surface area contributed by atoms with Crippen molar-refractivity contribution in [2.75, 3.05) is 32.0 Å². The van der Waals surface area contributed by atoms with Gasteiger partial charge in [-0.1, -0.05) is 18.2 Å². The molecule has 0 spiro atoms. The first-order chi connectivity index (χ1) is 16.7. The number of likely N-dealkylation sites (tertiary alicyclic amines) is 1. The van der Waals surface area contributed by atoms with Crippen molar-refractivity contribution in [3.8, 4) is 11.4 Å². The van der Waals surface area contributed by atoms with Crippen molar-refractivity contribution in [1.82, 2.24) is 19.4 Å². The van der Waals surface area contributed by atoms with Crippen LogP contribution in [0.1, 0.15) is 54.7 Å². The van der Waals surface area contributed by atoms with Crippen LogP contribution in [0.3, 0.4) is 0 Å². The lowest BCUT2D eigenvalue weighted by atomic mass is 9.84. The van der Waals surface area contributed by atoms with Crippen LogP contribution < -0.4 is 10.8 Å². The van der Waals surface area contributed by atoms with E-state index in [1.54, 1.807) is 13.8 Å². The van der Waals surface area contributed by atoms with Gasteiger partial charge in [-0.2, -0.15) is 0 Å². The maximum atomic E-state index is 14.8. The average molecular weight is 487 g/mol. The zero-order valence-electron chi connectivity index (χ0n) is 20.0. The van der Waals surface area contributed by atoms with E-state index >= 15 is 0 Å². The molecule has 1 saturated heterocycles. The summed E-state index contributed by atoms with van der Waals surface area (Å²) in [5.41, 5.74) is 0.194. The molecule has 10 heteroatoms. The van der Waals surface area contributed by atoms with E-state index in [2.05, 4.69) is 25.2 Å². The summed E-state index contributed by atoms with van der Waals surface area (Å²) < 4.78 is 43.3. The van der Waals surface area contributed by atoms with Crippen LogP contribution in [-0.2, 0) is 12.1 Å². The minimum atomic E-state index is -2.91. The zero-order valence-corrected chi connectivity index (χ0v) is 20.0. The normalized spacial score (nSPS) is 19.3. The number of nitrogens with one attached hydrogen (secondary N) is 1. The van der Waals surface area contributed by atoms with E-state index in [4.69, 9.17) is 0 Å². The molecular formula is C25H29F3N6O. The van der Waals surface area contributed by atoms with E-state index in [0.29, 0.717) is 48.6 Å². The molecule has 1 unspecified atom stereocenters. The quantitative estimate of drug-likeness (QED) is 0.587. The van der Waals surface area contributed by atoms with Crippen molar-refractivity contribution in [3.05, 3.63) is 58.1 Å². The summed E-state index contributed by atoms with van der Waals surface area (Å²) in [6.45, 7) is 6.34. The Kier molecular flexibility index (Phi) is 6.04. The van der Waals surface area contributed by atoms with Gasteiger partial charge in [0.2, 0.25) is 0 Å². The van der Waals surface area contributed by atoms with Gasteiger partial charge < -0.3 is 19.9 Å². The highest BCUT2D eigenvalue weighted by molar-refractivity contribution is 5.67. The monoisotopic (exact) mass is 486 g/mol. The lowest BCUT2D eigenvalue weighted by molar-refractivity contribution is -0.0200. The Morgan fingerprint density at radius 1 is 1.14 bits per heavy atom. The van der Waals surface area contributed by atoms with Crippen molar-refractivity contribution in [1.29, 1.82) is 0 Å². The summed E-state index contributed by atoms with van der Waals surface area (Å²) in [7, 11) is 2.04. The van der Waals surface area contributed by atoms with Crippen LogP contribution in [0.4, 0.5) is 19.0 Å². The molecule has 186 valence electrons. The first kappa shape index (κ1) is 23.7. The van der Waals surface area contributed by atoms with Crippen LogP contribution in [0.15, 0.2) is 29.3 Å². The standard InChI is InChI=1S/C25H29F3N6O/c1-14(16-5-4-6-17(20(16)26)21(27)28)30-22-18-13-19(25(35)7-10-33(3)11-8-25)24-29-9-12-34(24)23(18)32-15(2)31-22/h4-6,13-14,21,29,35H,7-12H2,1-3H3. The van der Waals surface area contributed by atoms with Gasteiger partial charge in [0.05, 0.1) is 22.8 Å². The number of anilines is 1. The molecule has 1 fully saturated rings.